The second-order valence-electron chi connectivity index (χ2n) is 4.55. The van der Waals surface area contributed by atoms with E-state index in [1.165, 1.54) is 6.92 Å². The van der Waals surface area contributed by atoms with Crippen LogP contribution in [0.3, 0.4) is 0 Å². The zero-order chi connectivity index (χ0) is 13.1. The van der Waals surface area contributed by atoms with Gasteiger partial charge in [0.15, 0.2) is 5.79 Å². The Morgan fingerprint density at radius 3 is 2.65 bits per heavy atom. The van der Waals surface area contributed by atoms with E-state index in [9.17, 15) is 4.79 Å². The van der Waals surface area contributed by atoms with Gasteiger partial charge < -0.3 is 14.2 Å². The summed E-state index contributed by atoms with van der Waals surface area (Å²) in [6.07, 6.45) is 2.78. The van der Waals surface area contributed by atoms with Gasteiger partial charge in [0.2, 0.25) is 0 Å². The van der Waals surface area contributed by atoms with Gasteiger partial charge in [0, 0.05) is 13.3 Å². The molecule has 1 fully saturated rings. The standard InChI is InChI=1S/C13H20O4/c1-6-11-12(17-13(4,5)16-11)8-7-9(2)15-10(3)14/h6,11-12H,1-2,7-8H2,3-5H3. The van der Waals surface area contributed by atoms with Crippen LogP contribution in [0.1, 0.15) is 33.6 Å². The highest BCUT2D eigenvalue weighted by atomic mass is 16.7. The van der Waals surface area contributed by atoms with Crippen LogP contribution in [-0.2, 0) is 19.0 Å². The maximum absolute atomic E-state index is 10.7. The molecule has 0 spiro atoms. The van der Waals surface area contributed by atoms with Crippen molar-refractivity contribution in [3.63, 3.8) is 0 Å². The highest BCUT2D eigenvalue weighted by Gasteiger charge is 2.39. The van der Waals surface area contributed by atoms with Crippen LogP contribution in [0.5, 0.6) is 0 Å². The second-order valence-corrected chi connectivity index (χ2v) is 4.55. The molecule has 0 saturated carbocycles. The number of hydrogen-bond acceptors (Lipinski definition) is 4. The molecule has 0 aliphatic carbocycles. The number of rotatable bonds is 5. The van der Waals surface area contributed by atoms with Crippen molar-refractivity contribution < 1.29 is 19.0 Å². The third-order valence-corrected chi connectivity index (χ3v) is 2.45. The monoisotopic (exact) mass is 240 g/mol. The minimum atomic E-state index is -0.591. The number of carbonyl (C=O) groups excluding carboxylic acids is 1. The molecule has 4 nitrogen and oxygen atoms in total. The van der Waals surface area contributed by atoms with Gasteiger partial charge in [-0.15, -0.1) is 6.58 Å². The lowest BCUT2D eigenvalue weighted by atomic mass is 10.1. The maximum Gasteiger partial charge on any atom is 0.307 e. The van der Waals surface area contributed by atoms with Gasteiger partial charge in [-0.2, -0.15) is 0 Å². The molecular weight excluding hydrogens is 220 g/mol. The lowest BCUT2D eigenvalue weighted by Crippen LogP contribution is -2.21. The van der Waals surface area contributed by atoms with Gasteiger partial charge in [-0.1, -0.05) is 12.7 Å². The molecule has 1 heterocycles. The summed E-state index contributed by atoms with van der Waals surface area (Å²) in [4.78, 5) is 10.7. The van der Waals surface area contributed by atoms with Crippen LogP contribution in [0.2, 0.25) is 0 Å². The number of carbonyl (C=O) groups is 1. The molecule has 0 aromatic rings. The normalized spacial score (nSPS) is 26.5. The van der Waals surface area contributed by atoms with Crippen molar-refractivity contribution in [2.75, 3.05) is 0 Å². The molecule has 1 aliphatic heterocycles. The topological polar surface area (TPSA) is 44.8 Å². The quantitative estimate of drug-likeness (QED) is 0.421. The minimum absolute atomic E-state index is 0.0743. The van der Waals surface area contributed by atoms with Gasteiger partial charge in [0.25, 0.3) is 0 Å². The van der Waals surface area contributed by atoms with Crippen LogP contribution in [0.25, 0.3) is 0 Å². The average molecular weight is 240 g/mol. The van der Waals surface area contributed by atoms with Crippen molar-refractivity contribution in [3.05, 3.63) is 25.0 Å². The summed E-state index contributed by atoms with van der Waals surface area (Å²) < 4.78 is 16.3. The molecule has 0 N–H and O–H groups in total. The van der Waals surface area contributed by atoms with E-state index in [-0.39, 0.29) is 18.2 Å². The summed E-state index contributed by atoms with van der Waals surface area (Å²) in [5.74, 6) is -0.487. The van der Waals surface area contributed by atoms with Crippen LogP contribution < -0.4 is 0 Å². The van der Waals surface area contributed by atoms with Crippen LogP contribution in [0, 0.1) is 0 Å². The van der Waals surface area contributed by atoms with Gasteiger partial charge in [0.1, 0.15) is 11.9 Å². The lowest BCUT2D eigenvalue weighted by Gasteiger charge is -2.16. The van der Waals surface area contributed by atoms with Crippen molar-refractivity contribution in [2.24, 2.45) is 0 Å². The zero-order valence-corrected chi connectivity index (χ0v) is 10.7. The van der Waals surface area contributed by atoms with E-state index in [1.807, 2.05) is 13.8 Å². The van der Waals surface area contributed by atoms with Crippen molar-refractivity contribution in [3.8, 4) is 0 Å². The minimum Gasteiger partial charge on any atom is -0.432 e. The summed E-state index contributed by atoms with van der Waals surface area (Å²) >= 11 is 0. The van der Waals surface area contributed by atoms with E-state index in [2.05, 4.69) is 13.2 Å². The molecule has 96 valence electrons. The van der Waals surface area contributed by atoms with E-state index in [1.54, 1.807) is 6.08 Å². The Kier molecular flexibility index (Phi) is 4.48. The Morgan fingerprint density at radius 2 is 2.12 bits per heavy atom. The van der Waals surface area contributed by atoms with Crippen LogP contribution in [-0.4, -0.2) is 24.0 Å². The molecule has 1 aliphatic rings. The molecule has 2 atom stereocenters. The fourth-order valence-electron chi connectivity index (χ4n) is 1.84. The summed E-state index contributed by atoms with van der Waals surface area (Å²) in [7, 11) is 0. The fraction of sp³-hybridized carbons (Fsp3) is 0.615. The highest BCUT2D eigenvalue weighted by molar-refractivity contribution is 5.67. The van der Waals surface area contributed by atoms with Crippen molar-refractivity contribution in [1.82, 2.24) is 0 Å². The Balaban J connectivity index is 2.43. The van der Waals surface area contributed by atoms with E-state index >= 15 is 0 Å². The Labute approximate surface area is 102 Å². The number of ether oxygens (including phenoxy) is 3. The average Bonchev–Trinajstić information content (AvgIpc) is 2.49. The Morgan fingerprint density at radius 1 is 1.47 bits per heavy atom. The summed E-state index contributed by atoms with van der Waals surface area (Å²) in [5.41, 5.74) is 0. The number of allylic oxidation sites excluding steroid dienone is 1. The molecule has 1 rings (SSSR count). The molecule has 0 radical (unpaired) electrons. The van der Waals surface area contributed by atoms with Crippen LogP contribution >= 0.6 is 0 Å². The maximum atomic E-state index is 10.7. The first-order chi connectivity index (χ1) is 7.84. The third kappa shape index (κ3) is 4.32. The molecule has 2 unspecified atom stereocenters. The van der Waals surface area contributed by atoms with Crippen molar-refractivity contribution in [1.29, 1.82) is 0 Å². The van der Waals surface area contributed by atoms with Gasteiger partial charge in [-0.25, -0.2) is 0 Å². The smallest absolute Gasteiger partial charge is 0.307 e. The van der Waals surface area contributed by atoms with Crippen LogP contribution in [0.15, 0.2) is 25.0 Å². The zero-order valence-electron chi connectivity index (χ0n) is 10.7. The SMILES string of the molecule is C=CC1OC(C)(C)OC1CCC(=C)OC(C)=O. The van der Waals surface area contributed by atoms with E-state index in [0.717, 1.165) is 0 Å². The second kappa shape index (κ2) is 5.47. The molecule has 4 heteroatoms. The van der Waals surface area contributed by atoms with Gasteiger partial charge in [0.05, 0.1) is 6.10 Å². The van der Waals surface area contributed by atoms with Gasteiger partial charge in [-0.3, -0.25) is 4.79 Å². The Bertz CT molecular complexity index is 319. The van der Waals surface area contributed by atoms with E-state index < -0.39 is 5.79 Å². The van der Waals surface area contributed by atoms with Crippen molar-refractivity contribution >= 4 is 5.97 Å². The first kappa shape index (κ1) is 13.9. The number of esters is 1. The largest absolute Gasteiger partial charge is 0.432 e. The summed E-state index contributed by atoms with van der Waals surface area (Å²) in [5, 5.41) is 0. The molecule has 0 bridgehead atoms. The van der Waals surface area contributed by atoms with E-state index in [0.29, 0.717) is 18.6 Å². The summed E-state index contributed by atoms with van der Waals surface area (Å²) in [6, 6.07) is 0. The summed E-state index contributed by atoms with van der Waals surface area (Å²) in [6.45, 7) is 12.5. The predicted octanol–water partition coefficient (Wildman–Crippen LogP) is 2.55. The number of hydrogen-bond donors (Lipinski definition) is 0. The van der Waals surface area contributed by atoms with Crippen LogP contribution in [0.4, 0.5) is 0 Å². The van der Waals surface area contributed by atoms with Crippen molar-refractivity contribution in [2.45, 2.75) is 51.6 Å². The predicted molar refractivity (Wildman–Crippen MR) is 64.2 cm³/mol. The molecule has 1 saturated heterocycles. The molecule has 0 aromatic heterocycles. The fourth-order valence-corrected chi connectivity index (χ4v) is 1.84. The molecule has 17 heavy (non-hydrogen) atoms. The first-order valence-electron chi connectivity index (χ1n) is 5.68. The molecular formula is C13H20O4. The van der Waals surface area contributed by atoms with Gasteiger partial charge in [-0.05, 0) is 20.3 Å². The molecule has 0 amide bonds. The molecule has 0 aromatic carbocycles. The van der Waals surface area contributed by atoms with Gasteiger partial charge >= 0.3 is 5.97 Å². The third-order valence-electron chi connectivity index (χ3n) is 2.45. The highest BCUT2D eigenvalue weighted by Crippen LogP contribution is 2.31. The first-order valence-corrected chi connectivity index (χ1v) is 5.68. The Hall–Kier alpha value is -1.13. The van der Waals surface area contributed by atoms with E-state index in [4.69, 9.17) is 14.2 Å². The lowest BCUT2D eigenvalue weighted by molar-refractivity contribution is -0.144.